The van der Waals surface area contributed by atoms with Crippen molar-refractivity contribution in [1.29, 1.82) is 0 Å². The number of hydrogen-bond acceptors (Lipinski definition) is 6. The molecule has 0 aliphatic rings. The highest BCUT2D eigenvalue weighted by atomic mass is 35.5. The lowest BCUT2D eigenvalue weighted by Gasteiger charge is -2.09. The molecule has 0 fully saturated rings. The molecule has 0 spiro atoms. The molecule has 9 nitrogen and oxygen atoms in total. The molecule has 156 valence electrons. The number of rotatable bonds is 6. The standard InChI is InChI=1S/C21H15ClN4O5/c1-30-19-9-8-15(26(28)29)11-16(19)23-21(27)17-12-18(20-3-2-10-31-20)25(24-17)14-6-4-13(22)5-7-14/h2-12H,1H3,(H,23,27). The largest absolute Gasteiger partial charge is 0.495 e. The van der Waals surface area contributed by atoms with Gasteiger partial charge in [-0.1, -0.05) is 11.6 Å². The van der Waals surface area contributed by atoms with Crippen LogP contribution in [-0.2, 0) is 0 Å². The fraction of sp³-hybridized carbons (Fsp3) is 0.0476. The molecule has 0 aliphatic heterocycles. The van der Waals surface area contributed by atoms with E-state index in [4.69, 9.17) is 20.8 Å². The van der Waals surface area contributed by atoms with Crippen LogP contribution in [0.5, 0.6) is 5.75 Å². The van der Waals surface area contributed by atoms with Gasteiger partial charge in [-0.25, -0.2) is 4.68 Å². The lowest BCUT2D eigenvalue weighted by molar-refractivity contribution is -0.384. The highest BCUT2D eigenvalue weighted by molar-refractivity contribution is 6.30. The van der Waals surface area contributed by atoms with Crippen molar-refractivity contribution in [2.45, 2.75) is 0 Å². The molecule has 0 saturated heterocycles. The average Bonchev–Trinajstić information content (AvgIpc) is 3.44. The normalized spacial score (nSPS) is 10.6. The number of nitro benzene ring substituents is 1. The third-order valence-electron chi connectivity index (χ3n) is 4.43. The van der Waals surface area contributed by atoms with Gasteiger partial charge in [-0.05, 0) is 42.5 Å². The summed E-state index contributed by atoms with van der Waals surface area (Å²) in [6.45, 7) is 0. The molecule has 0 bridgehead atoms. The number of anilines is 1. The number of nitrogens with zero attached hydrogens (tertiary/aromatic N) is 3. The zero-order valence-electron chi connectivity index (χ0n) is 16.1. The van der Waals surface area contributed by atoms with Crippen molar-refractivity contribution in [3.05, 3.63) is 87.8 Å². The Morgan fingerprint density at radius 2 is 1.97 bits per heavy atom. The first kappa shape index (κ1) is 20.2. The fourth-order valence-corrected chi connectivity index (χ4v) is 3.09. The van der Waals surface area contributed by atoms with Gasteiger partial charge in [-0.3, -0.25) is 14.9 Å². The number of ether oxygens (including phenoxy) is 1. The molecule has 0 radical (unpaired) electrons. The van der Waals surface area contributed by atoms with E-state index in [1.165, 1.54) is 31.6 Å². The maximum absolute atomic E-state index is 12.9. The molecule has 0 unspecified atom stereocenters. The molecule has 4 aromatic rings. The molecule has 1 N–H and O–H groups in total. The minimum Gasteiger partial charge on any atom is -0.495 e. The van der Waals surface area contributed by atoms with E-state index in [-0.39, 0.29) is 22.8 Å². The molecular weight excluding hydrogens is 424 g/mol. The summed E-state index contributed by atoms with van der Waals surface area (Å²) in [5, 5.41) is 18.7. The Kier molecular flexibility index (Phi) is 5.42. The van der Waals surface area contributed by atoms with E-state index in [2.05, 4.69) is 10.4 Å². The van der Waals surface area contributed by atoms with E-state index in [9.17, 15) is 14.9 Å². The molecule has 10 heteroatoms. The number of furan rings is 1. The number of carbonyl (C=O) groups is 1. The van der Waals surface area contributed by atoms with Crippen LogP contribution in [-0.4, -0.2) is 27.7 Å². The van der Waals surface area contributed by atoms with Crippen molar-refractivity contribution in [2.75, 3.05) is 12.4 Å². The van der Waals surface area contributed by atoms with E-state index in [0.29, 0.717) is 22.2 Å². The SMILES string of the molecule is COc1ccc([N+](=O)[O-])cc1NC(=O)c1cc(-c2ccco2)n(-c2ccc(Cl)cc2)n1. The quantitative estimate of drug-likeness (QED) is 0.336. The van der Waals surface area contributed by atoms with Crippen molar-refractivity contribution < 1.29 is 18.9 Å². The van der Waals surface area contributed by atoms with Gasteiger partial charge in [0.2, 0.25) is 0 Å². The van der Waals surface area contributed by atoms with Crippen molar-refractivity contribution in [3.8, 4) is 22.9 Å². The number of aromatic nitrogens is 2. The molecule has 1 amide bonds. The molecule has 0 atom stereocenters. The Balaban J connectivity index is 1.73. The van der Waals surface area contributed by atoms with Gasteiger partial charge in [0.25, 0.3) is 11.6 Å². The summed E-state index contributed by atoms with van der Waals surface area (Å²) >= 11 is 5.98. The van der Waals surface area contributed by atoms with E-state index in [0.717, 1.165) is 0 Å². The van der Waals surface area contributed by atoms with Gasteiger partial charge >= 0.3 is 0 Å². The van der Waals surface area contributed by atoms with Gasteiger partial charge < -0.3 is 14.5 Å². The highest BCUT2D eigenvalue weighted by Crippen LogP contribution is 2.30. The summed E-state index contributed by atoms with van der Waals surface area (Å²) in [6.07, 6.45) is 1.52. The molecule has 0 saturated carbocycles. The summed E-state index contributed by atoms with van der Waals surface area (Å²) in [7, 11) is 1.40. The predicted octanol–water partition coefficient (Wildman–Crippen LogP) is 4.95. The number of amides is 1. The van der Waals surface area contributed by atoms with Gasteiger partial charge in [0.1, 0.15) is 11.4 Å². The number of nitrogens with one attached hydrogen (secondary N) is 1. The second kappa shape index (κ2) is 8.33. The smallest absolute Gasteiger partial charge is 0.276 e. The number of nitro groups is 1. The molecule has 0 aliphatic carbocycles. The van der Waals surface area contributed by atoms with Crippen LogP contribution in [0.3, 0.4) is 0 Å². The van der Waals surface area contributed by atoms with Crippen LogP contribution in [0.15, 0.2) is 71.3 Å². The van der Waals surface area contributed by atoms with Crippen LogP contribution >= 0.6 is 11.6 Å². The Bertz CT molecular complexity index is 1250. The predicted molar refractivity (Wildman–Crippen MR) is 114 cm³/mol. The lowest BCUT2D eigenvalue weighted by Crippen LogP contribution is -2.14. The van der Waals surface area contributed by atoms with Gasteiger partial charge in [-0.2, -0.15) is 5.10 Å². The van der Waals surface area contributed by atoms with Crippen molar-refractivity contribution in [3.63, 3.8) is 0 Å². The number of non-ortho nitro benzene ring substituents is 1. The second-order valence-corrected chi connectivity index (χ2v) is 6.81. The Morgan fingerprint density at radius 1 is 1.19 bits per heavy atom. The highest BCUT2D eigenvalue weighted by Gasteiger charge is 2.20. The third-order valence-corrected chi connectivity index (χ3v) is 4.68. The summed E-state index contributed by atoms with van der Waals surface area (Å²) in [5.74, 6) is 0.219. The summed E-state index contributed by atoms with van der Waals surface area (Å²) in [5.41, 5.74) is 1.27. The number of carbonyl (C=O) groups excluding carboxylic acids is 1. The van der Waals surface area contributed by atoms with Crippen LogP contribution in [0.2, 0.25) is 5.02 Å². The molecule has 31 heavy (non-hydrogen) atoms. The van der Waals surface area contributed by atoms with Gasteiger partial charge in [0.15, 0.2) is 11.5 Å². The van der Waals surface area contributed by atoms with Crippen molar-refractivity contribution >= 4 is 28.9 Å². The van der Waals surface area contributed by atoms with Crippen LogP contribution in [0, 0.1) is 10.1 Å². The zero-order chi connectivity index (χ0) is 22.0. The molecule has 2 aromatic carbocycles. The fourth-order valence-electron chi connectivity index (χ4n) is 2.96. The summed E-state index contributed by atoms with van der Waals surface area (Å²) in [6, 6.07) is 15.9. The van der Waals surface area contributed by atoms with E-state index in [1.807, 2.05) is 0 Å². The number of halogens is 1. The average molecular weight is 439 g/mol. The second-order valence-electron chi connectivity index (χ2n) is 6.38. The van der Waals surface area contributed by atoms with Gasteiger partial charge in [0.05, 0.1) is 29.7 Å². The van der Waals surface area contributed by atoms with E-state index >= 15 is 0 Å². The monoisotopic (exact) mass is 438 g/mol. The van der Waals surface area contributed by atoms with E-state index < -0.39 is 10.8 Å². The Hall–Kier alpha value is -4.11. The van der Waals surface area contributed by atoms with Crippen LogP contribution in [0.4, 0.5) is 11.4 Å². The van der Waals surface area contributed by atoms with Crippen LogP contribution in [0.1, 0.15) is 10.5 Å². The zero-order valence-corrected chi connectivity index (χ0v) is 16.9. The Labute approximate surface area is 181 Å². The number of methoxy groups -OCH3 is 1. The van der Waals surface area contributed by atoms with Crippen molar-refractivity contribution in [2.24, 2.45) is 0 Å². The minimum absolute atomic E-state index is 0.0786. The summed E-state index contributed by atoms with van der Waals surface area (Å²) < 4.78 is 12.2. The van der Waals surface area contributed by atoms with Gasteiger partial charge in [-0.15, -0.1) is 0 Å². The minimum atomic E-state index is -0.570. The van der Waals surface area contributed by atoms with Crippen LogP contribution in [0.25, 0.3) is 17.1 Å². The first-order valence-electron chi connectivity index (χ1n) is 9.00. The number of benzene rings is 2. The van der Waals surface area contributed by atoms with Crippen LogP contribution < -0.4 is 10.1 Å². The molecular formula is C21H15ClN4O5. The Morgan fingerprint density at radius 3 is 2.61 bits per heavy atom. The topological polar surface area (TPSA) is 112 Å². The molecule has 4 rings (SSSR count). The molecule has 2 aromatic heterocycles. The maximum atomic E-state index is 12.9. The van der Waals surface area contributed by atoms with Gasteiger partial charge in [0, 0.05) is 23.2 Å². The van der Waals surface area contributed by atoms with Crippen molar-refractivity contribution in [1.82, 2.24) is 9.78 Å². The maximum Gasteiger partial charge on any atom is 0.276 e. The van der Waals surface area contributed by atoms with E-state index in [1.54, 1.807) is 47.1 Å². The summed E-state index contributed by atoms with van der Waals surface area (Å²) in [4.78, 5) is 23.4. The lowest BCUT2D eigenvalue weighted by atomic mass is 10.2. The first-order chi connectivity index (χ1) is 15.0. The number of hydrogen-bond donors (Lipinski definition) is 1. The first-order valence-corrected chi connectivity index (χ1v) is 9.37. The third kappa shape index (κ3) is 4.12. The molecule has 2 heterocycles.